The fourth-order valence-corrected chi connectivity index (χ4v) is 1.43. The Bertz CT molecular complexity index is 113. The number of hydrogen-bond acceptors (Lipinski definition) is 2. The Morgan fingerprint density at radius 3 is 3.00 bits per heavy atom. The topological polar surface area (TPSA) is 9.23 Å². The van der Waals surface area contributed by atoms with E-state index in [4.69, 9.17) is 4.74 Å². The largest absolute Gasteiger partial charge is 0.360 e. The van der Waals surface area contributed by atoms with Gasteiger partial charge in [0.1, 0.15) is 13.3 Å². The molecule has 0 saturated carbocycles. The van der Waals surface area contributed by atoms with Gasteiger partial charge in [0, 0.05) is 0 Å². The van der Waals surface area contributed by atoms with Crippen LogP contribution in [0, 0.1) is 0 Å². The average molecular weight is 128 g/mol. The minimum Gasteiger partial charge on any atom is -0.360 e. The van der Waals surface area contributed by atoms with Crippen molar-refractivity contribution in [2.45, 2.75) is 5.44 Å². The maximum Gasteiger partial charge on any atom is 0.138 e. The summed E-state index contributed by atoms with van der Waals surface area (Å²) in [7, 11) is 2.11. The first-order chi connectivity index (χ1) is 3.84. The van der Waals surface area contributed by atoms with Crippen molar-refractivity contribution in [1.82, 2.24) is 0 Å². The third-order valence-corrected chi connectivity index (χ3v) is 2.17. The number of rotatable bonds is 1. The van der Waals surface area contributed by atoms with Crippen molar-refractivity contribution in [2.75, 3.05) is 12.9 Å². The van der Waals surface area contributed by atoms with Crippen molar-refractivity contribution in [2.24, 2.45) is 0 Å². The van der Waals surface area contributed by atoms with E-state index in [0.29, 0.717) is 5.44 Å². The van der Waals surface area contributed by atoms with Gasteiger partial charge in [-0.15, -0.1) is 11.8 Å². The van der Waals surface area contributed by atoms with Crippen molar-refractivity contribution < 1.29 is 4.74 Å². The molecule has 0 aromatic carbocycles. The fourth-order valence-electron chi connectivity index (χ4n) is 0.749. The fraction of sp³-hybridized carbons (Fsp3) is 0.600. The van der Waals surface area contributed by atoms with Crippen molar-refractivity contribution in [1.29, 1.82) is 0 Å². The molecule has 0 bridgehead atoms. The van der Waals surface area contributed by atoms with E-state index in [-0.39, 0.29) is 0 Å². The normalized spacial score (nSPS) is 28.1. The van der Waals surface area contributed by atoms with Crippen LogP contribution in [0.2, 0.25) is 0 Å². The third kappa shape index (κ3) is 1.09. The van der Waals surface area contributed by atoms with Gasteiger partial charge in [0.25, 0.3) is 0 Å². The first-order valence-corrected chi connectivity index (χ1v) is 3.94. The summed E-state index contributed by atoms with van der Waals surface area (Å²) in [5.41, 5.74) is 1.70. The van der Waals surface area contributed by atoms with Crippen molar-refractivity contribution in [3.05, 3.63) is 11.5 Å². The molecule has 0 fully saturated rings. The maximum absolute atomic E-state index is 5.28. The highest BCUT2D eigenvalue weighted by molar-refractivity contribution is 7.99. The zero-order valence-electron chi connectivity index (χ0n) is 5.18. The number of thioether (sulfide) groups is 1. The van der Waals surface area contributed by atoms with Gasteiger partial charge in [-0.25, -0.2) is 0 Å². The van der Waals surface area contributed by atoms with E-state index in [9.17, 15) is 0 Å². The molecular weight excluding hydrogens is 119 g/mol. The van der Waals surface area contributed by atoms with Gasteiger partial charge in [-0.2, -0.15) is 0 Å². The van der Waals surface area contributed by atoms with E-state index in [0.717, 1.165) is 6.61 Å². The van der Waals surface area contributed by atoms with Gasteiger partial charge in [-0.05, 0) is 6.26 Å². The van der Waals surface area contributed by atoms with E-state index < -0.39 is 0 Å². The highest BCUT2D eigenvalue weighted by Gasteiger charge is 2.12. The van der Waals surface area contributed by atoms with E-state index in [1.54, 1.807) is 11.8 Å². The Hall–Kier alpha value is 0.115. The smallest absolute Gasteiger partial charge is 0.138 e. The van der Waals surface area contributed by atoms with Gasteiger partial charge in [0.15, 0.2) is 0 Å². The molecule has 0 spiro atoms. The molecule has 3 heteroatoms. The molecule has 1 aliphatic rings. The van der Waals surface area contributed by atoms with Crippen LogP contribution in [0.25, 0.3) is 0 Å². The molecule has 1 aliphatic heterocycles. The van der Waals surface area contributed by atoms with Gasteiger partial charge < -0.3 is 4.74 Å². The van der Waals surface area contributed by atoms with Crippen molar-refractivity contribution in [3.63, 3.8) is 0 Å². The van der Waals surface area contributed by atoms with Gasteiger partial charge in [0.2, 0.25) is 0 Å². The molecule has 0 N–H and O–H groups in total. The van der Waals surface area contributed by atoms with Crippen LogP contribution < -0.4 is 0 Å². The molecule has 0 aliphatic carbocycles. The summed E-state index contributed by atoms with van der Waals surface area (Å²) in [5, 5.41) is 0. The van der Waals surface area contributed by atoms with Crippen LogP contribution in [0.1, 0.15) is 0 Å². The first-order valence-electron chi connectivity index (χ1n) is 2.65. The molecule has 0 amide bonds. The second kappa shape index (κ2) is 2.60. The van der Waals surface area contributed by atoms with Crippen molar-refractivity contribution in [3.8, 4) is 0 Å². The minimum atomic E-state index is 0.343. The number of hydrogen-bond donors (Lipinski definition) is 0. The van der Waals surface area contributed by atoms with Crippen LogP contribution in [0.3, 0.4) is 0 Å². The van der Waals surface area contributed by atoms with Gasteiger partial charge in [0.05, 0.1) is 6.61 Å². The molecule has 1 rings (SSSR count). The van der Waals surface area contributed by atoms with Gasteiger partial charge >= 0.3 is 0 Å². The monoisotopic (exact) mass is 128 g/mol. The Morgan fingerprint density at radius 2 is 2.75 bits per heavy atom. The average Bonchev–Trinajstić information content (AvgIpc) is 2.14. The lowest BCUT2D eigenvalue weighted by molar-refractivity contribution is 0.187. The summed E-state index contributed by atoms with van der Waals surface area (Å²) in [6.07, 6.45) is 4.19. The summed E-state index contributed by atoms with van der Waals surface area (Å²) in [6, 6.07) is 0. The highest BCUT2D eigenvalue weighted by atomic mass is 32.2. The molecule has 8 heavy (non-hydrogen) atoms. The lowest BCUT2D eigenvalue weighted by Gasteiger charge is -2.06. The SMILES string of the molecule is BC1=CCOC1SC. The van der Waals surface area contributed by atoms with Crippen LogP contribution in [0.15, 0.2) is 11.5 Å². The summed E-state index contributed by atoms with van der Waals surface area (Å²) in [6.45, 7) is 0.803. The lowest BCUT2D eigenvalue weighted by Crippen LogP contribution is -2.02. The molecule has 0 aromatic heterocycles. The molecule has 0 saturated heterocycles. The maximum atomic E-state index is 5.28. The van der Waals surface area contributed by atoms with Gasteiger partial charge in [-0.1, -0.05) is 11.5 Å². The molecule has 1 atom stereocenters. The predicted molar refractivity (Wildman–Crippen MR) is 39.9 cm³/mol. The standard InChI is InChI=1S/C5H9BOS/c1-8-5-4(6)2-3-7-5/h2,5H,3,6H2,1H3. The Balaban J connectivity index is 2.46. The second-order valence-corrected chi connectivity index (χ2v) is 2.75. The summed E-state index contributed by atoms with van der Waals surface area (Å²) in [5.74, 6) is 0. The first kappa shape index (κ1) is 6.24. The third-order valence-electron chi connectivity index (χ3n) is 1.24. The summed E-state index contributed by atoms with van der Waals surface area (Å²) in [4.78, 5) is 0. The Morgan fingerprint density at radius 1 is 2.00 bits per heavy atom. The van der Waals surface area contributed by atoms with Crippen LogP contribution >= 0.6 is 11.8 Å². The zero-order valence-corrected chi connectivity index (χ0v) is 5.99. The van der Waals surface area contributed by atoms with Crippen LogP contribution in [0.4, 0.5) is 0 Å². The zero-order chi connectivity index (χ0) is 5.98. The quantitative estimate of drug-likeness (QED) is 0.467. The van der Waals surface area contributed by atoms with Crippen LogP contribution in [0.5, 0.6) is 0 Å². The van der Waals surface area contributed by atoms with E-state index in [1.807, 2.05) is 0 Å². The van der Waals surface area contributed by atoms with E-state index in [2.05, 4.69) is 20.2 Å². The molecule has 44 valence electrons. The Kier molecular flexibility index (Phi) is 2.03. The van der Waals surface area contributed by atoms with Gasteiger partial charge in [-0.3, -0.25) is 0 Å². The van der Waals surface area contributed by atoms with E-state index in [1.165, 1.54) is 5.47 Å². The van der Waals surface area contributed by atoms with Crippen molar-refractivity contribution >= 4 is 19.6 Å². The molecule has 1 unspecified atom stereocenters. The predicted octanol–water partition coefficient (Wildman–Crippen LogP) is 0.223. The molecule has 1 heterocycles. The number of ether oxygens (including phenoxy) is 1. The van der Waals surface area contributed by atoms with Crippen LogP contribution in [-0.4, -0.2) is 26.1 Å². The highest BCUT2D eigenvalue weighted by Crippen LogP contribution is 2.19. The lowest BCUT2D eigenvalue weighted by atomic mass is 9.98. The second-order valence-electron chi connectivity index (χ2n) is 1.85. The molecule has 0 aromatic rings. The summed E-state index contributed by atoms with van der Waals surface area (Å²) < 4.78 is 5.28. The summed E-state index contributed by atoms with van der Waals surface area (Å²) >= 11 is 1.75. The minimum absolute atomic E-state index is 0.343. The molecular formula is C5H9BOS. The molecule has 1 nitrogen and oxygen atoms in total. The Labute approximate surface area is 54.9 Å². The van der Waals surface area contributed by atoms with Crippen LogP contribution in [-0.2, 0) is 4.74 Å². The molecule has 0 radical (unpaired) electrons. The van der Waals surface area contributed by atoms with E-state index >= 15 is 0 Å².